The third kappa shape index (κ3) is 4.09. The van der Waals surface area contributed by atoms with Crippen molar-refractivity contribution >= 4 is 0 Å². The van der Waals surface area contributed by atoms with E-state index in [1.165, 1.54) is 18.4 Å². The van der Waals surface area contributed by atoms with E-state index in [4.69, 9.17) is 4.74 Å². The maximum absolute atomic E-state index is 9.57. The van der Waals surface area contributed by atoms with Crippen molar-refractivity contribution < 1.29 is 9.84 Å². The summed E-state index contributed by atoms with van der Waals surface area (Å²) in [4.78, 5) is 0. The first-order chi connectivity index (χ1) is 9.78. The highest BCUT2D eigenvalue weighted by atomic mass is 16.5. The third-order valence-corrected chi connectivity index (χ3v) is 4.12. The van der Waals surface area contributed by atoms with Gasteiger partial charge in [0.05, 0.1) is 0 Å². The van der Waals surface area contributed by atoms with E-state index in [1.54, 1.807) is 6.08 Å². The van der Waals surface area contributed by atoms with Crippen molar-refractivity contribution in [2.45, 2.75) is 32.2 Å². The van der Waals surface area contributed by atoms with Crippen molar-refractivity contribution in [3.63, 3.8) is 0 Å². The highest BCUT2D eigenvalue weighted by Crippen LogP contribution is 2.36. The lowest BCUT2D eigenvalue weighted by Gasteiger charge is -2.26. The largest absolute Gasteiger partial charge is 0.490 e. The van der Waals surface area contributed by atoms with Crippen molar-refractivity contribution in [1.29, 1.82) is 0 Å². The normalized spacial score (nSPS) is 17.1. The van der Waals surface area contributed by atoms with Crippen LogP contribution in [0.5, 0.6) is 5.75 Å². The number of hydrogen-bond donors (Lipinski definition) is 2. The first-order valence-corrected chi connectivity index (χ1v) is 7.42. The fraction of sp³-hybridized carbons (Fsp3) is 0.529. The maximum Gasteiger partial charge on any atom is 0.119 e. The van der Waals surface area contributed by atoms with Crippen molar-refractivity contribution in [2.75, 3.05) is 19.8 Å². The minimum absolute atomic E-state index is 0.118. The summed E-state index contributed by atoms with van der Waals surface area (Å²) < 4.78 is 5.46. The molecule has 0 bridgehead atoms. The summed E-state index contributed by atoms with van der Waals surface area (Å²) in [6, 6.07) is 8.12. The van der Waals surface area contributed by atoms with Crippen LogP contribution in [0, 0.1) is 5.41 Å². The van der Waals surface area contributed by atoms with Crippen molar-refractivity contribution in [3.05, 3.63) is 42.5 Å². The van der Waals surface area contributed by atoms with Crippen LogP contribution in [0.3, 0.4) is 0 Å². The summed E-state index contributed by atoms with van der Waals surface area (Å²) >= 11 is 0. The Kier molecular flexibility index (Phi) is 5.62. The lowest BCUT2D eigenvalue weighted by Crippen LogP contribution is -2.34. The van der Waals surface area contributed by atoms with Gasteiger partial charge in [0.15, 0.2) is 0 Å². The van der Waals surface area contributed by atoms with Gasteiger partial charge in [-0.2, -0.15) is 0 Å². The van der Waals surface area contributed by atoms with Gasteiger partial charge >= 0.3 is 0 Å². The molecule has 2 N–H and O–H groups in total. The molecule has 0 heterocycles. The second-order valence-corrected chi connectivity index (χ2v) is 5.71. The zero-order chi connectivity index (χ0) is 14.3. The Morgan fingerprint density at radius 2 is 1.95 bits per heavy atom. The fourth-order valence-electron chi connectivity index (χ4n) is 2.85. The highest BCUT2D eigenvalue weighted by molar-refractivity contribution is 5.27. The zero-order valence-corrected chi connectivity index (χ0v) is 12.1. The van der Waals surface area contributed by atoms with Crippen molar-refractivity contribution in [3.8, 4) is 5.75 Å². The number of nitrogens with one attached hydrogen (secondary N) is 1. The standard InChI is InChI=1S/C17H25NO2/c1-2-11-20-16-7-5-15(6-8-16)12-18-13-17(14-19)9-3-4-10-17/h2,5-8,18-19H,1,3-4,9-14H2. The topological polar surface area (TPSA) is 41.5 Å². The summed E-state index contributed by atoms with van der Waals surface area (Å²) in [5, 5.41) is 13.0. The van der Waals surface area contributed by atoms with Crippen LogP contribution < -0.4 is 10.1 Å². The van der Waals surface area contributed by atoms with Crippen LogP contribution in [0.2, 0.25) is 0 Å². The summed E-state index contributed by atoms with van der Waals surface area (Å²) in [5.41, 5.74) is 1.36. The molecule has 1 fully saturated rings. The zero-order valence-electron chi connectivity index (χ0n) is 12.1. The molecule has 2 rings (SSSR count). The van der Waals surface area contributed by atoms with Gasteiger partial charge in [-0.15, -0.1) is 0 Å². The summed E-state index contributed by atoms with van der Waals surface area (Å²) in [7, 11) is 0. The number of hydrogen-bond acceptors (Lipinski definition) is 3. The van der Waals surface area contributed by atoms with Gasteiger partial charge in [-0.1, -0.05) is 37.6 Å². The van der Waals surface area contributed by atoms with Crippen LogP contribution >= 0.6 is 0 Å². The smallest absolute Gasteiger partial charge is 0.119 e. The van der Waals surface area contributed by atoms with Crippen LogP contribution in [-0.2, 0) is 6.54 Å². The van der Waals surface area contributed by atoms with Crippen molar-refractivity contribution in [1.82, 2.24) is 5.32 Å². The summed E-state index contributed by atoms with van der Waals surface area (Å²) in [6.07, 6.45) is 6.52. The van der Waals surface area contributed by atoms with Gasteiger partial charge in [-0.3, -0.25) is 0 Å². The molecule has 3 nitrogen and oxygen atoms in total. The van der Waals surface area contributed by atoms with Gasteiger partial charge in [-0.25, -0.2) is 0 Å². The first kappa shape index (κ1) is 15.1. The molecule has 1 aliphatic rings. The minimum Gasteiger partial charge on any atom is -0.490 e. The molecule has 0 spiro atoms. The third-order valence-electron chi connectivity index (χ3n) is 4.12. The average Bonchev–Trinajstić information content (AvgIpc) is 2.96. The van der Waals surface area contributed by atoms with Gasteiger partial charge in [0.2, 0.25) is 0 Å². The molecule has 0 aromatic heterocycles. The predicted octanol–water partition coefficient (Wildman–Crippen LogP) is 2.89. The monoisotopic (exact) mass is 275 g/mol. The molecule has 1 aromatic carbocycles. The molecule has 3 heteroatoms. The van der Waals surface area contributed by atoms with Crippen LogP contribution in [0.4, 0.5) is 0 Å². The van der Waals surface area contributed by atoms with Crippen LogP contribution in [-0.4, -0.2) is 24.9 Å². The van der Waals surface area contributed by atoms with Gasteiger partial charge < -0.3 is 15.2 Å². The van der Waals surface area contributed by atoms with Crippen LogP contribution in [0.15, 0.2) is 36.9 Å². The molecule has 1 aromatic rings. The lowest BCUT2D eigenvalue weighted by molar-refractivity contribution is 0.128. The molecule has 0 radical (unpaired) electrons. The van der Waals surface area contributed by atoms with Crippen molar-refractivity contribution in [2.24, 2.45) is 5.41 Å². The summed E-state index contributed by atoms with van der Waals surface area (Å²) in [6.45, 7) is 6.21. The molecule has 110 valence electrons. The SMILES string of the molecule is C=CCOc1ccc(CNCC2(CO)CCCC2)cc1. The number of ether oxygens (including phenoxy) is 1. The number of rotatable bonds is 8. The maximum atomic E-state index is 9.57. The summed E-state index contributed by atoms with van der Waals surface area (Å²) in [5.74, 6) is 0.872. The predicted molar refractivity (Wildman–Crippen MR) is 81.8 cm³/mol. The lowest BCUT2D eigenvalue weighted by atomic mass is 9.87. The molecular weight excluding hydrogens is 250 g/mol. The molecule has 1 aliphatic carbocycles. The Bertz CT molecular complexity index is 408. The average molecular weight is 275 g/mol. The molecular formula is C17H25NO2. The van der Waals surface area contributed by atoms with Crippen LogP contribution in [0.1, 0.15) is 31.2 Å². The Balaban J connectivity index is 1.77. The van der Waals surface area contributed by atoms with Gasteiger partial charge in [0.1, 0.15) is 12.4 Å². The highest BCUT2D eigenvalue weighted by Gasteiger charge is 2.32. The number of aliphatic hydroxyl groups is 1. The van der Waals surface area contributed by atoms with E-state index in [0.29, 0.717) is 13.2 Å². The molecule has 0 atom stereocenters. The second-order valence-electron chi connectivity index (χ2n) is 5.71. The van der Waals surface area contributed by atoms with Gasteiger partial charge in [0.25, 0.3) is 0 Å². The van der Waals surface area contributed by atoms with E-state index in [2.05, 4.69) is 24.0 Å². The molecule has 0 saturated heterocycles. The molecule has 1 saturated carbocycles. The number of aliphatic hydroxyl groups excluding tert-OH is 1. The van der Waals surface area contributed by atoms with Gasteiger partial charge in [0, 0.05) is 25.1 Å². The minimum atomic E-state index is 0.118. The Hall–Kier alpha value is -1.32. The van der Waals surface area contributed by atoms with E-state index < -0.39 is 0 Å². The molecule has 0 amide bonds. The molecule has 0 unspecified atom stereocenters. The molecule has 20 heavy (non-hydrogen) atoms. The van der Waals surface area contributed by atoms with Gasteiger partial charge in [-0.05, 0) is 30.5 Å². The Labute approximate surface area is 121 Å². The van der Waals surface area contributed by atoms with E-state index in [1.807, 2.05) is 12.1 Å². The first-order valence-electron chi connectivity index (χ1n) is 7.42. The Morgan fingerprint density at radius 3 is 2.55 bits per heavy atom. The van der Waals surface area contributed by atoms with Crippen LogP contribution in [0.25, 0.3) is 0 Å². The number of benzene rings is 1. The van der Waals surface area contributed by atoms with E-state index in [-0.39, 0.29) is 5.41 Å². The molecule has 0 aliphatic heterocycles. The quantitative estimate of drug-likeness (QED) is 0.717. The van der Waals surface area contributed by atoms with E-state index in [9.17, 15) is 5.11 Å². The second kappa shape index (κ2) is 7.46. The Morgan fingerprint density at radius 1 is 1.25 bits per heavy atom. The van der Waals surface area contributed by atoms with E-state index >= 15 is 0 Å². The van der Waals surface area contributed by atoms with E-state index in [0.717, 1.165) is 31.7 Å². The fourth-order valence-corrected chi connectivity index (χ4v) is 2.85.